The van der Waals surface area contributed by atoms with Crippen LogP contribution in [0.1, 0.15) is 37.8 Å². The van der Waals surface area contributed by atoms with Gasteiger partial charge in [0.1, 0.15) is 53.3 Å². The molecule has 0 saturated carbocycles. The molecule has 0 radical (unpaired) electrons. The summed E-state index contributed by atoms with van der Waals surface area (Å²) in [5.74, 6) is 6.48. The number of benzene rings is 2. The summed E-state index contributed by atoms with van der Waals surface area (Å²) < 4.78 is 19.4. The van der Waals surface area contributed by atoms with Crippen molar-refractivity contribution in [1.29, 1.82) is 0 Å². The van der Waals surface area contributed by atoms with Crippen LogP contribution in [-0.4, -0.2) is 60.9 Å². The molecule has 1 fully saturated rings. The molecule has 244 valence electrons. The molecule has 0 aromatic heterocycles. The first-order chi connectivity index (χ1) is 22.6. The summed E-state index contributed by atoms with van der Waals surface area (Å²) in [6, 6.07) is 8.11. The molecule has 3 unspecified atom stereocenters. The molecule has 2 aliphatic heterocycles. The van der Waals surface area contributed by atoms with Gasteiger partial charge in [-0.25, -0.2) is 23.6 Å². The summed E-state index contributed by atoms with van der Waals surface area (Å²) >= 11 is 6.11. The maximum atomic E-state index is 13.7. The van der Waals surface area contributed by atoms with Crippen molar-refractivity contribution in [2.24, 2.45) is 11.8 Å². The van der Waals surface area contributed by atoms with E-state index in [2.05, 4.69) is 21.3 Å². The molecule has 0 aliphatic carbocycles. The number of carbonyl (C=O) groups is 1. The molecule has 12 heteroatoms. The number of halogens is 2. The number of allylic oxidation sites excluding steroid dienone is 1. The van der Waals surface area contributed by atoms with Crippen LogP contribution in [0.15, 0.2) is 71.2 Å². The van der Waals surface area contributed by atoms with Crippen LogP contribution in [0.25, 0.3) is 6.08 Å². The first-order valence-corrected chi connectivity index (χ1v) is 15.4. The van der Waals surface area contributed by atoms with E-state index in [1.807, 2.05) is 17.8 Å². The van der Waals surface area contributed by atoms with Crippen molar-refractivity contribution in [1.82, 2.24) is 21.3 Å². The molecule has 4 N–H and O–H groups in total. The van der Waals surface area contributed by atoms with E-state index in [1.165, 1.54) is 30.3 Å². The predicted molar refractivity (Wildman–Crippen MR) is 174 cm³/mol. The van der Waals surface area contributed by atoms with Crippen LogP contribution in [0.4, 0.5) is 4.39 Å². The quantitative estimate of drug-likeness (QED) is 0.225. The van der Waals surface area contributed by atoms with Gasteiger partial charge in [-0.1, -0.05) is 37.6 Å². The Balaban J connectivity index is 1.60. The van der Waals surface area contributed by atoms with E-state index in [0.29, 0.717) is 46.1 Å². The Bertz CT molecular complexity index is 1720. The lowest BCUT2D eigenvalue weighted by Gasteiger charge is -2.30. The molecule has 0 spiro atoms. The third kappa shape index (κ3) is 9.21. The SMILES string of the molecule is CC(C)C(NC(=O)C1=Cc2cc(Cl)ccc2OC1)C(=C=O)NC(Cc1ccc(F)cc1)C(=C=O)NC(C=C=O)C[C@@H]1CCNC1=C=O. The zero-order valence-electron chi connectivity index (χ0n) is 25.8. The highest BCUT2D eigenvalue weighted by Gasteiger charge is 2.30. The lowest BCUT2D eigenvalue weighted by molar-refractivity contribution is -0.118. The monoisotopic (exact) mass is 660 g/mol. The molecular weight excluding hydrogens is 627 g/mol. The van der Waals surface area contributed by atoms with Crippen molar-refractivity contribution in [2.75, 3.05) is 13.2 Å². The Morgan fingerprint density at radius 3 is 2.47 bits per heavy atom. The molecule has 2 aromatic rings. The van der Waals surface area contributed by atoms with Crippen LogP contribution >= 0.6 is 11.6 Å². The first-order valence-electron chi connectivity index (χ1n) is 15.1. The van der Waals surface area contributed by atoms with Gasteiger partial charge in [-0.15, -0.1) is 0 Å². The number of rotatable bonds is 14. The Labute approximate surface area is 276 Å². The summed E-state index contributed by atoms with van der Waals surface area (Å²) in [5.41, 5.74) is 1.83. The second-order valence-electron chi connectivity index (χ2n) is 11.6. The molecular formula is C35H34ClFN4O6. The van der Waals surface area contributed by atoms with Gasteiger partial charge in [0.05, 0.1) is 29.4 Å². The van der Waals surface area contributed by atoms with Gasteiger partial charge in [-0.2, -0.15) is 0 Å². The molecule has 10 nitrogen and oxygen atoms in total. The first kappa shape index (κ1) is 34.7. The number of nitrogens with one attached hydrogen (secondary N) is 4. The van der Waals surface area contributed by atoms with Crippen molar-refractivity contribution in [3.05, 3.63) is 93.2 Å². The van der Waals surface area contributed by atoms with Crippen LogP contribution in [-0.2, 0) is 30.4 Å². The number of carbonyl (C=O) groups excluding carboxylic acids is 5. The zero-order valence-corrected chi connectivity index (χ0v) is 26.6. The number of amides is 1. The van der Waals surface area contributed by atoms with Gasteiger partial charge >= 0.3 is 0 Å². The summed E-state index contributed by atoms with van der Waals surface area (Å²) in [4.78, 5) is 61.1. The van der Waals surface area contributed by atoms with E-state index < -0.39 is 29.8 Å². The topological polar surface area (TPSA) is 143 Å². The van der Waals surface area contributed by atoms with Gasteiger partial charge < -0.3 is 26.0 Å². The fourth-order valence-electron chi connectivity index (χ4n) is 5.52. The average molecular weight is 661 g/mol. The number of ether oxygens (including phenoxy) is 1. The normalized spacial score (nSPS) is 16.7. The van der Waals surface area contributed by atoms with Crippen molar-refractivity contribution in [3.8, 4) is 5.75 Å². The van der Waals surface area contributed by atoms with E-state index in [9.17, 15) is 28.4 Å². The van der Waals surface area contributed by atoms with Gasteiger partial charge in [0.2, 0.25) is 0 Å². The van der Waals surface area contributed by atoms with Crippen LogP contribution < -0.4 is 26.0 Å². The summed E-state index contributed by atoms with van der Waals surface area (Å²) in [7, 11) is 0. The molecule has 4 rings (SSSR count). The van der Waals surface area contributed by atoms with Gasteiger partial charge in [-0.05, 0) is 67.2 Å². The van der Waals surface area contributed by atoms with E-state index in [0.717, 1.165) is 0 Å². The smallest absolute Gasteiger partial charge is 0.251 e. The molecule has 4 atom stereocenters. The van der Waals surface area contributed by atoms with Crippen molar-refractivity contribution in [3.63, 3.8) is 0 Å². The minimum atomic E-state index is -0.954. The summed E-state index contributed by atoms with van der Waals surface area (Å²) in [5, 5.41) is 12.4. The zero-order chi connectivity index (χ0) is 33.9. The minimum absolute atomic E-state index is 0.00283. The highest BCUT2D eigenvalue weighted by atomic mass is 35.5. The van der Waals surface area contributed by atoms with Crippen molar-refractivity contribution < 1.29 is 33.1 Å². The maximum absolute atomic E-state index is 13.7. The number of fused-ring (bicyclic) bond motifs is 1. The fraction of sp³-hybridized carbons (Fsp3) is 0.343. The van der Waals surface area contributed by atoms with Gasteiger partial charge in [-0.3, -0.25) is 4.79 Å². The lowest BCUT2D eigenvalue weighted by atomic mass is 9.95. The van der Waals surface area contributed by atoms with Crippen molar-refractivity contribution >= 4 is 47.3 Å². The third-order valence-corrected chi connectivity index (χ3v) is 8.20. The minimum Gasteiger partial charge on any atom is -0.488 e. The van der Waals surface area contributed by atoms with Gasteiger partial charge in [0.25, 0.3) is 5.91 Å². The largest absolute Gasteiger partial charge is 0.488 e. The standard InChI is InChI=1S/C35H34ClFN4O6/c1-21(2)34(41-35(46)25-14-24-15-26(36)5-8-33(24)47-20-25)32(19-45)40-29(13-22-3-6-27(37)7-4-22)31(18-44)39-28(10-12-42)16-23-9-11-38-30(23)17-43/h3-8,10,14-15,21,23,28-29,34,38-40H,9,11,13,16,20H2,1-2H3,(H,41,46)/t23-,28?,29?,34?/m0/s1. The van der Waals surface area contributed by atoms with Crippen LogP contribution in [0.3, 0.4) is 0 Å². The maximum Gasteiger partial charge on any atom is 0.251 e. The Morgan fingerprint density at radius 1 is 1.06 bits per heavy atom. The van der Waals surface area contributed by atoms with Gasteiger partial charge in [0.15, 0.2) is 0 Å². The number of hydrogen-bond donors (Lipinski definition) is 4. The average Bonchev–Trinajstić information content (AvgIpc) is 3.52. The molecule has 2 aliphatic rings. The highest BCUT2D eigenvalue weighted by molar-refractivity contribution is 6.30. The highest BCUT2D eigenvalue weighted by Crippen LogP contribution is 2.29. The lowest BCUT2D eigenvalue weighted by Crippen LogP contribution is -2.49. The molecule has 2 heterocycles. The Morgan fingerprint density at radius 2 is 1.81 bits per heavy atom. The Hall–Kier alpha value is -5.13. The van der Waals surface area contributed by atoms with Crippen molar-refractivity contribution in [2.45, 2.75) is 51.2 Å². The Kier molecular flexibility index (Phi) is 12.1. The van der Waals surface area contributed by atoms with E-state index >= 15 is 0 Å². The third-order valence-electron chi connectivity index (χ3n) is 7.97. The summed E-state index contributed by atoms with van der Waals surface area (Å²) in [6.45, 7) is 4.16. The van der Waals surface area contributed by atoms with E-state index in [4.69, 9.17) is 16.3 Å². The van der Waals surface area contributed by atoms with Gasteiger partial charge in [0, 0.05) is 29.1 Å². The fourth-order valence-corrected chi connectivity index (χ4v) is 5.70. The molecule has 1 amide bonds. The van der Waals surface area contributed by atoms with E-state index in [1.54, 1.807) is 44.1 Å². The summed E-state index contributed by atoms with van der Waals surface area (Å²) in [6.07, 6.45) is 3.84. The van der Waals surface area contributed by atoms with Crippen LogP contribution in [0.2, 0.25) is 5.02 Å². The second-order valence-corrected chi connectivity index (χ2v) is 12.0. The molecule has 2 aromatic carbocycles. The second kappa shape index (κ2) is 16.4. The molecule has 0 bridgehead atoms. The molecule has 47 heavy (non-hydrogen) atoms. The van der Waals surface area contributed by atoms with Crippen LogP contribution in [0.5, 0.6) is 5.75 Å². The van der Waals surface area contributed by atoms with E-state index in [-0.39, 0.29) is 42.7 Å². The predicted octanol–water partition coefficient (Wildman–Crippen LogP) is 3.09. The van der Waals surface area contributed by atoms with Crippen LogP contribution in [0, 0.1) is 17.7 Å². The number of hydrogen-bond acceptors (Lipinski definition) is 9. The molecule has 1 saturated heterocycles.